The van der Waals surface area contributed by atoms with Crippen molar-refractivity contribution in [1.82, 2.24) is 0 Å². The van der Waals surface area contributed by atoms with Crippen LogP contribution in [0.15, 0.2) is 247 Å². The third-order valence-corrected chi connectivity index (χ3v) is 15.3. The number of benzene rings is 10. The van der Waals surface area contributed by atoms with Gasteiger partial charge in [-0.05, 0) is 139 Å². The van der Waals surface area contributed by atoms with Crippen molar-refractivity contribution in [1.29, 1.82) is 0 Å². The molecule has 0 bridgehead atoms. The van der Waals surface area contributed by atoms with Crippen LogP contribution in [-0.2, 0) is 24.7 Å². The first-order valence-corrected chi connectivity index (χ1v) is 24.5. The molecule has 0 amide bonds. The molecule has 1 heterocycles. The van der Waals surface area contributed by atoms with Crippen molar-refractivity contribution in [2.45, 2.75) is 55.8 Å². The van der Waals surface area contributed by atoms with E-state index in [-0.39, 0.29) is 11.8 Å². The second-order valence-electron chi connectivity index (χ2n) is 19.1. The minimum atomic E-state index is -0.548. The fraction of sp³-hybridized carbons (Fsp3) is 0.134. The summed E-state index contributed by atoms with van der Waals surface area (Å²) in [5.74, 6) is 0.786. The molecule has 1 aliphatic carbocycles. The Kier molecular flexibility index (Phi) is 10.9. The monoisotopic (exact) mass is 874 g/mol. The number of hydrogen-bond acceptors (Lipinski definition) is 1. The average molecular weight is 875 g/mol. The summed E-state index contributed by atoms with van der Waals surface area (Å²) in [6, 6.07) is 90.6. The molecule has 0 fully saturated rings. The molecule has 3 atom stereocenters. The molecule has 0 radical (unpaired) electrons. The first kappa shape index (κ1) is 41.7. The van der Waals surface area contributed by atoms with E-state index in [1.54, 1.807) is 0 Å². The number of rotatable bonds is 13. The predicted molar refractivity (Wildman–Crippen MR) is 284 cm³/mol. The van der Waals surface area contributed by atoms with Gasteiger partial charge >= 0.3 is 0 Å². The van der Waals surface area contributed by atoms with Crippen molar-refractivity contribution in [2.75, 3.05) is 0 Å². The Labute approximate surface area is 400 Å². The molecule has 12 rings (SSSR count). The number of fused-ring (bicyclic) bond motifs is 8. The average Bonchev–Trinajstić information content (AvgIpc) is 3.93. The van der Waals surface area contributed by atoms with Crippen LogP contribution >= 0.6 is 0 Å². The van der Waals surface area contributed by atoms with Crippen LogP contribution in [0.3, 0.4) is 0 Å². The Balaban J connectivity index is 1.03. The Bertz CT molecular complexity index is 3480. The summed E-state index contributed by atoms with van der Waals surface area (Å²) in [6.07, 6.45) is 3.94. The van der Waals surface area contributed by atoms with Crippen molar-refractivity contribution in [3.05, 3.63) is 298 Å². The van der Waals surface area contributed by atoms with E-state index in [0.29, 0.717) is 5.92 Å². The van der Waals surface area contributed by atoms with Gasteiger partial charge in [-0.3, -0.25) is 0 Å². The van der Waals surface area contributed by atoms with Crippen molar-refractivity contribution >= 4 is 32.7 Å². The largest absolute Gasteiger partial charge is 0.456 e. The van der Waals surface area contributed by atoms with Gasteiger partial charge in [-0.25, -0.2) is 0 Å². The maximum absolute atomic E-state index is 6.35. The zero-order valence-corrected chi connectivity index (χ0v) is 38.6. The standard InChI is InChI=1S/C67H54O/c1-46(60(42-48-23-9-3-10-24-48)52-38-40-65-61(43-52)57-32-19-20-34-64(57)68-65)50-37-39-59-62(44-50)67(54-27-13-5-14-28-54,55-29-15-6-16-30-55)63-45-53(56-31-17-18-33-58(56)66(59)63)36-35-51(49-25-11-4-12-26-49)41-47-21-7-2-8-22-47/h2-34,37-40,43-46,51,60H,35-36,41-42H2,1H3. The molecule has 0 saturated carbocycles. The van der Waals surface area contributed by atoms with Gasteiger partial charge in [0.25, 0.3) is 0 Å². The molecule has 0 spiro atoms. The highest BCUT2D eigenvalue weighted by Gasteiger charge is 2.47. The molecule has 11 aromatic rings. The maximum Gasteiger partial charge on any atom is 0.135 e. The van der Waals surface area contributed by atoms with Crippen molar-refractivity contribution in [2.24, 2.45) is 0 Å². The minimum Gasteiger partial charge on any atom is -0.456 e. The molecule has 1 aliphatic rings. The topological polar surface area (TPSA) is 13.1 Å². The Hall–Kier alpha value is -7.74. The summed E-state index contributed by atoms with van der Waals surface area (Å²) < 4.78 is 6.35. The van der Waals surface area contributed by atoms with E-state index < -0.39 is 5.41 Å². The molecule has 0 aliphatic heterocycles. The minimum absolute atomic E-state index is 0.191. The molecule has 68 heavy (non-hydrogen) atoms. The Morgan fingerprint density at radius 1 is 0.412 bits per heavy atom. The molecule has 1 nitrogen and oxygen atoms in total. The fourth-order valence-corrected chi connectivity index (χ4v) is 11.9. The second-order valence-corrected chi connectivity index (χ2v) is 19.1. The van der Waals surface area contributed by atoms with Gasteiger partial charge in [-0.15, -0.1) is 0 Å². The number of aryl methyl sites for hydroxylation is 1. The predicted octanol–water partition coefficient (Wildman–Crippen LogP) is 17.2. The summed E-state index contributed by atoms with van der Waals surface area (Å²) >= 11 is 0. The molecule has 1 heteroatoms. The van der Waals surface area contributed by atoms with Crippen LogP contribution in [0.4, 0.5) is 0 Å². The number of hydrogen-bond donors (Lipinski definition) is 0. The van der Waals surface area contributed by atoms with E-state index >= 15 is 0 Å². The van der Waals surface area contributed by atoms with Crippen LogP contribution in [0.5, 0.6) is 0 Å². The zero-order chi connectivity index (χ0) is 45.4. The summed E-state index contributed by atoms with van der Waals surface area (Å²) in [4.78, 5) is 0. The summed E-state index contributed by atoms with van der Waals surface area (Å²) in [6.45, 7) is 2.45. The first-order valence-electron chi connectivity index (χ1n) is 24.5. The highest BCUT2D eigenvalue weighted by atomic mass is 16.3. The van der Waals surface area contributed by atoms with Crippen LogP contribution in [0.25, 0.3) is 43.8 Å². The summed E-state index contributed by atoms with van der Waals surface area (Å²) in [5.41, 5.74) is 17.5. The lowest BCUT2D eigenvalue weighted by molar-refractivity contribution is 0.571. The molecule has 0 saturated heterocycles. The molecule has 328 valence electrons. The molecular weight excluding hydrogens is 821 g/mol. The lowest BCUT2D eigenvalue weighted by atomic mass is 9.66. The lowest BCUT2D eigenvalue weighted by Gasteiger charge is -2.35. The van der Waals surface area contributed by atoms with Crippen LogP contribution in [0.1, 0.15) is 86.7 Å². The third-order valence-electron chi connectivity index (χ3n) is 15.3. The lowest BCUT2D eigenvalue weighted by Crippen LogP contribution is -2.29. The highest BCUT2D eigenvalue weighted by Crippen LogP contribution is 2.59. The van der Waals surface area contributed by atoms with E-state index in [1.165, 1.54) is 88.3 Å². The van der Waals surface area contributed by atoms with Gasteiger partial charge in [0.2, 0.25) is 0 Å². The maximum atomic E-state index is 6.35. The Morgan fingerprint density at radius 3 is 1.63 bits per heavy atom. The highest BCUT2D eigenvalue weighted by molar-refractivity contribution is 6.06. The van der Waals surface area contributed by atoms with Crippen molar-refractivity contribution in [3.63, 3.8) is 0 Å². The second kappa shape index (κ2) is 17.8. The zero-order valence-electron chi connectivity index (χ0n) is 38.6. The summed E-state index contributed by atoms with van der Waals surface area (Å²) in [7, 11) is 0. The van der Waals surface area contributed by atoms with E-state index in [0.717, 1.165) is 36.8 Å². The normalized spacial score (nSPS) is 14.1. The van der Waals surface area contributed by atoms with E-state index in [4.69, 9.17) is 4.42 Å². The van der Waals surface area contributed by atoms with Gasteiger partial charge in [0.1, 0.15) is 11.2 Å². The number of furan rings is 1. The van der Waals surface area contributed by atoms with Gasteiger partial charge in [-0.1, -0.05) is 231 Å². The van der Waals surface area contributed by atoms with Gasteiger partial charge in [0.15, 0.2) is 0 Å². The van der Waals surface area contributed by atoms with Crippen molar-refractivity contribution in [3.8, 4) is 11.1 Å². The Morgan fingerprint density at radius 2 is 0.956 bits per heavy atom. The fourth-order valence-electron chi connectivity index (χ4n) is 11.9. The molecule has 0 N–H and O–H groups in total. The third kappa shape index (κ3) is 7.35. The van der Waals surface area contributed by atoms with Gasteiger partial charge in [0, 0.05) is 10.8 Å². The molecule has 10 aromatic carbocycles. The smallest absolute Gasteiger partial charge is 0.135 e. The van der Waals surface area contributed by atoms with Gasteiger partial charge in [0.05, 0.1) is 5.41 Å². The van der Waals surface area contributed by atoms with Crippen LogP contribution in [0.2, 0.25) is 0 Å². The van der Waals surface area contributed by atoms with Crippen LogP contribution in [0, 0.1) is 0 Å². The van der Waals surface area contributed by atoms with E-state index in [2.05, 4.69) is 250 Å². The quantitative estimate of drug-likeness (QED) is 0.112. The first-order chi connectivity index (χ1) is 33.6. The molecule has 3 unspecified atom stereocenters. The van der Waals surface area contributed by atoms with E-state index in [1.807, 2.05) is 0 Å². The molecule has 1 aromatic heterocycles. The van der Waals surface area contributed by atoms with Crippen LogP contribution in [-0.4, -0.2) is 0 Å². The molecular formula is C67H54O. The van der Waals surface area contributed by atoms with Crippen molar-refractivity contribution < 1.29 is 4.42 Å². The van der Waals surface area contributed by atoms with Crippen LogP contribution < -0.4 is 0 Å². The van der Waals surface area contributed by atoms with Gasteiger partial charge < -0.3 is 4.42 Å². The van der Waals surface area contributed by atoms with E-state index in [9.17, 15) is 0 Å². The van der Waals surface area contributed by atoms with Gasteiger partial charge in [-0.2, -0.15) is 0 Å². The SMILES string of the molecule is CC(c1ccc2c(c1)C(c1ccccc1)(c1ccccc1)c1cc(CCC(Cc3ccccc3)c3ccccc3)c3ccccc3c1-2)C(Cc1ccccc1)c1ccc2oc3ccccc3c2c1. The summed E-state index contributed by atoms with van der Waals surface area (Å²) in [5, 5.41) is 5.03. The number of para-hydroxylation sites is 1.